The summed E-state index contributed by atoms with van der Waals surface area (Å²) < 4.78 is 13.5. The van der Waals surface area contributed by atoms with E-state index in [2.05, 4.69) is 13.8 Å². The second kappa shape index (κ2) is 3.91. The lowest BCUT2D eigenvalue weighted by Gasteiger charge is -2.16. The third-order valence-electron chi connectivity index (χ3n) is 2.29. The van der Waals surface area contributed by atoms with E-state index in [1.807, 2.05) is 19.9 Å². The van der Waals surface area contributed by atoms with E-state index >= 15 is 0 Å². The molecule has 1 rings (SSSR count). The van der Waals surface area contributed by atoms with Gasteiger partial charge < -0.3 is 0 Å². The number of rotatable bonds is 2. The molecule has 0 saturated heterocycles. The van der Waals surface area contributed by atoms with E-state index in [1.54, 1.807) is 12.1 Å². The van der Waals surface area contributed by atoms with Crippen molar-refractivity contribution in [2.24, 2.45) is 0 Å². The molecule has 1 heteroatoms. The van der Waals surface area contributed by atoms with Crippen LogP contribution in [-0.4, -0.2) is 0 Å². The van der Waals surface area contributed by atoms with Gasteiger partial charge in [0.05, 0.1) is 0 Å². The highest BCUT2D eigenvalue weighted by Gasteiger charge is 2.13. The van der Waals surface area contributed by atoms with E-state index in [0.29, 0.717) is 5.92 Å². The van der Waals surface area contributed by atoms with Crippen molar-refractivity contribution in [2.75, 3.05) is 0 Å². The van der Waals surface area contributed by atoms with E-state index in [4.69, 9.17) is 0 Å². The first-order chi connectivity index (χ1) is 6.04. The summed E-state index contributed by atoms with van der Waals surface area (Å²) in [5.74, 6) is 0.591. The maximum Gasteiger partial charge on any atom is 0.126 e. The second-order valence-electron chi connectivity index (χ2n) is 4.05. The molecule has 1 aromatic rings. The minimum absolute atomic E-state index is 0.0683. The fraction of sp³-hybridized carbons (Fsp3) is 0.500. The quantitative estimate of drug-likeness (QED) is 0.643. The van der Waals surface area contributed by atoms with Gasteiger partial charge in [-0.05, 0) is 29.0 Å². The van der Waals surface area contributed by atoms with Crippen LogP contribution in [0.1, 0.15) is 50.7 Å². The number of benzene rings is 1. The van der Waals surface area contributed by atoms with Crippen LogP contribution in [-0.2, 0) is 0 Å². The Bertz CT molecular complexity index is 287. The van der Waals surface area contributed by atoms with Crippen molar-refractivity contribution < 1.29 is 4.39 Å². The zero-order chi connectivity index (χ0) is 10.0. The third kappa shape index (κ3) is 2.09. The summed E-state index contributed by atoms with van der Waals surface area (Å²) in [5.41, 5.74) is 2.01. The molecule has 0 heterocycles. The smallest absolute Gasteiger partial charge is 0.126 e. The highest BCUT2D eigenvalue weighted by atomic mass is 19.1. The van der Waals surface area contributed by atoms with Gasteiger partial charge in [0.1, 0.15) is 5.82 Å². The van der Waals surface area contributed by atoms with Crippen molar-refractivity contribution in [2.45, 2.75) is 39.5 Å². The van der Waals surface area contributed by atoms with Crippen molar-refractivity contribution in [3.8, 4) is 0 Å². The molecule has 0 saturated carbocycles. The maximum atomic E-state index is 13.5. The fourth-order valence-electron chi connectivity index (χ4n) is 1.67. The van der Waals surface area contributed by atoms with E-state index in [9.17, 15) is 4.39 Å². The standard InChI is InChI=1S/C12H17F/c1-8(2)10-6-5-7-11(13)12(10)9(3)4/h5-9H,1-4H3. The Morgan fingerprint density at radius 1 is 1.00 bits per heavy atom. The lowest BCUT2D eigenvalue weighted by atomic mass is 9.90. The molecule has 0 N–H and O–H groups in total. The highest BCUT2D eigenvalue weighted by Crippen LogP contribution is 2.27. The van der Waals surface area contributed by atoms with E-state index in [0.717, 1.165) is 11.1 Å². The van der Waals surface area contributed by atoms with E-state index in [-0.39, 0.29) is 11.7 Å². The lowest BCUT2D eigenvalue weighted by molar-refractivity contribution is 0.589. The average Bonchev–Trinajstić information content (AvgIpc) is 2.02. The van der Waals surface area contributed by atoms with Crippen LogP contribution in [0.5, 0.6) is 0 Å². The van der Waals surface area contributed by atoms with Crippen LogP contribution in [0, 0.1) is 5.82 Å². The monoisotopic (exact) mass is 180 g/mol. The van der Waals surface area contributed by atoms with Gasteiger partial charge in [0, 0.05) is 0 Å². The summed E-state index contributed by atoms with van der Waals surface area (Å²) in [6.45, 7) is 8.26. The van der Waals surface area contributed by atoms with Crippen LogP contribution in [0.4, 0.5) is 4.39 Å². The Balaban J connectivity index is 3.26. The first kappa shape index (κ1) is 10.2. The minimum atomic E-state index is -0.0683. The van der Waals surface area contributed by atoms with Gasteiger partial charge in [-0.3, -0.25) is 0 Å². The first-order valence-electron chi connectivity index (χ1n) is 4.82. The molecule has 0 amide bonds. The normalized spacial score (nSPS) is 11.3. The van der Waals surface area contributed by atoms with Gasteiger partial charge in [-0.2, -0.15) is 0 Å². The van der Waals surface area contributed by atoms with Gasteiger partial charge in [-0.25, -0.2) is 4.39 Å². The number of halogens is 1. The van der Waals surface area contributed by atoms with Crippen LogP contribution in [0.25, 0.3) is 0 Å². The molecule has 0 aromatic heterocycles. The van der Waals surface area contributed by atoms with Crippen molar-refractivity contribution in [3.05, 3.63) is 35.1 Å². The number of hydrogen-bond acceptors (Lipinski definition) is 0. The molecule has 0 aliphatic carbocycles. The minimum Gasteiger partial charge on any atom is -0.207 e. The lowest BCUT2D eigenvalue weighted by Crippen LogP contribution is -2.01. The SMILES string of the molecule is CC(C)c1cccc(F)c1C(C)C. The Hall–Kier alpha value is -0.850. The van der Waals surface area contributed by atoms with Gasteiger partial charge in [0.15, 0.2) is 0 Å². The van der Waals surface area contributed by atoms with Crippen molar-refractivity contribution >= 4 is 0 Å². The molecule has 1 aromatic carbocycles. The molecule has 0 bridgehead atoms. The summed E-state index contributed by atoms with van der Waals surface area (Å²) in [6, 6.07) is 5.35. The third-order valence-corrected chi connectivity index (χ3v) is 2.29. The van der Waals surface area contributed by atoms with E-state index in [1.165, 1.54) is 0 Å². The fourth-order valence-corrected chi connectivity index (χ4v) is 1.67. The predicted molar refractivity (Wildman–Crippen MR) is 54.6 cm³/mol. The zero-order valence-electron chi connectivity index (χ0n) is 8.76. The Labute approximate surface area is 79.8 Å². The summed E-state index contributed by atoms with van der Waals surface area (Å²) in [6.07, 6.45) is 0. The van der Waals surface area contributed by atoms with Crippen molar-refractivity contribution in [1.29, 1.82) is 0 Å². The van der Waals surface area contributed by atoms with Gasteiger partial charge in [0.25, 0.3) is 0 Å². The van der Waals surface area contributed by atoms with Crippen LogP contribution in [0.3, 0.4) is 0 Å². The van der Waals surface area contributed by atoms with Gasteiger partial charge >= 0.3 is 0 Å². The summed E-state index contributed by atoms with van der Waals surface area (Å²) >= 11 is 0. The van der Waals surface area contributed by atoms with Crippen LogP contribution < -0.4 is 0 Å². The van der Waals surface area contributed by atoms with Crippen molar-refractivity contribution in [1.82, 2.24) is 0 Å². The Morgan fingerprint density at radius 3 is 2.00 bits per heavy atom. The van der Waals surface area contributed by atoms with Crippen molar-refractivity contribution in [3.63, 3.8) is 0 Å². The summed E-state index contributed by atoms with van der Waals surface area (Å²) in [4.78, 5) is 0. The highest BCUT2D eigenvalue weighted by molar-refractivity contribution is 5.33. The van der Waals surface area contributed by atoms with Gasteiger partial charge in [-0.15, -0.1) is 0 Å². The second-order valence-corrected chi connectivity index (χ2v) is 4.05. The molecule has 0 aliphatic rings. The molecule has 0 nitrogen and oxygen atoms in total. The zero-order valence-corrected chi connectivity index (χ0v) is 8.76. The largest absolute Gasteiger partial charge is 0.207 e. The maximum absolute atomic E-state index is 13.5. The Morgan fingerprint density at radius 2 is 1.62 bits per heavy atom. The molecular weight excluding hydrogens is 163 g/mol. The number of hydrogen-bond donors (Lipinski definition) is 0. The summed E-state index contributed by atoms with van der Waals surface area (Å²) in [5, 5.41) is 0. The van der Waals surface area contributed by atoms with E-state index < -0.39 is 0 Å². The Kier molecular flexibility index (Phi) is 3.07. The first-order valence-corrected chi connectivity index (χ1v) is 4.82. The van der Waals surface area contributed by atoms with Crippen LogP contribution in [0.15, 0.2) is 18.2 Å². The molecule has 72 valence electrons. The predicted octanol–water partition coefficient (Wildman–Crippen LogP) is 4.07. The molecule has 0 atom stereocenters. The van der Waals surface area contributed by atoms with Gasteiger partial charge in [0.2, 0.25) is 0 Å². The molecule has 0 fully saturated rings. The molecule has 13 heavy (non-hydrogen) atoms. The molecule has 0 unspecified atom stereocenters. The van der Waals surface area contributed by atoms with Gasteiger partial charge in [-0.1, -0.05) is 39.8 Å². The molecule has 0 aliphatic heterocycles. The molecular formula is C12H17F. The molecule has 0 radical (unpaired) electrons. The summed E-state index contributed by atoms with van der Waals surface area (Å²) in [7, 11) is 0. The topological polar surface area (TPSA) is 0 Å². The molecule has 0 spiro atoms. The van der Waals surface area contributed by atoms with Crippen LogP contribution in [0.2, 0.25) is 0 Å². The average molecular weight is 180 g/mol. The van der Waals surface area contributed by atoms with Crippen LogP contribution >= 0.6 is 0 Å².